The third-order valence-electron chi connectivity index (χ3n) is 4.79. The molecule has 3 aromatic carbocycles. The Morgan fingerprint density at radius 2 is 0.853 bits per heavy atom. The van der Waals surface area contributed by atoms with Crippen molar-refractivity contribution in [3.8, 4) is 0 Å². The third kappa shape index (κ3) is 5.13. The lowest BCUT2D eigenvalue weighted by atomic mass is 10.2. The van der Waals surface area contributed by atoms with E-state index in [-0.39, 0.29) is 4.90 Å². The Hall–Kier alpha value is -3.22. The summed E-state index contributed by atoms with van der Waals surface area (Å²) in [7, 11) is -14.6. The Labute approximate surface area is 199 Å². The maximum atomic E-state index is 13.3. The Morgan fingerprint density at radius 3 is 1.18 bits per heavy atom. The van der Waals surface area contributed by atoms with Gasteiger partial charge < -0.3 is 0 Å². The Balaban J connectivity index is 2.14. The second-order valence-electron chi connectivity index (χ2n) is 7.56. The Morgan fingerprint density at radius 1 is 0.559 bits per heavy atom. The SMILES string of the molecule is Cc1ccc(S(=O)(=O)NC(=O)N(S(=O)(=O)c2ccc(C)cc2)S(=O)(=O)c2ccc(C)cc2)cc1. The molecule has 0 aliphatic heterocycles. The predicted octanol–water partition coefficient (Wildman–Crippen LogP) is 3.09. The molecule has 0 saturated heterocycles. The highest BCUT2D eigenvalue weighted by atomic mass is 32.3. The molecule has 9 nitrogen and oxygen atoms in total. The molecule has 34 heavy (non-hydrogen) atoms. The molecular formula is C22H22N2O7S3. The maximum Gasteiger partial charge on any atom is 0.359 e. The molecule has 0 spiro atoms. The van der Waals surface area contributed by atoms with E-state index in [9.17, 15) is 30.0 Å². The van der Waals surface area contributed by atoms with Gasteiger partial charge in [0, 0.05) is 0 Å². The Kier molecular flexibility index (Phi) is 6.87. The summed E-state index contributed by atoms with van der Waals surface area (Å²) >= 11 is 0. The molecule has 0 aromatic heterocycles. The van der Waals surface area contributed by atoms with Gasteiger partial charge in [0.25, 0.3) is 30.1 Å². The smallest absolute Gasteiger partial charge is 0.245 e. The van der Waals surface area contributed by atoms with Gasteiger partial charge >= 0.3 is 6.03 Å². The highest BCUT2D eigenvalue weighted by Crippen LogP contribution is 2.26. The number of hydrogen-bond acceptors (Lipinski definition) is 7. The van der Waals surface area contributed by atoms with Crippen LogP contribution in [0.4, 0.5) is 4.79 Å². The number of nitrogens with zero attached hydrogens (tertiary/aromatic N) is 1. The van der Waals surface area contributed by atoms with Crippen molar-refractivity contribution in [2.45, 2.75) is 35.5 Å². The average molecular weight is 523 g/mol. The number of urea groups is 1. The normalized spacial score (nSPS) is 12.2. The van der Waals surface area contributed by atoms with Crippen molar-refractivity contribution in [2.24, 2.45) is 0 Å². The summed E-state index contributed by atoms with van der Waals surface area (Å²) in [6.07, 6.45) is 0. The first-order valence-electron chi connectivity index (χ1n) is 9.82. The number of aryl methyl sites for hydroxylation is 3. The summed E-state index contributed by atoms with van der Waals surface area (Å²) in [6.45, 7) is 5.11. The number of benzene rings is 3. The van der Waals surface area contributed by atoms with Crippen LogP contribution in [-0.2, 0) is 30.1 Å². The molecule has 12 heteroatoms. The van der Waals surface area contributed by atoms with Crippen LogP contribution in [0.15, 0.2) is 87.5 Å². The van der Waals surface area contributed by atoms with Crippen LogP contribution >= 0.6 is 0 Å². The van der Waals surface area contributed by atoms with Crippen LogP contribution in [0.2, 0.25) is 0 Å². The largest absolute Gasteiger partial charge is 0.359 e. The zero-order valence-corrected chi connectivity index (χ0v) is 20.9. The monoisotopic (exact) mass is 522 g/mol. The van der Waals surface area contributed by atoms with E-state index in [4.69, 9.17) is 0 Å². The molecule has 0 atom stereocenters. The first kappa shape index (κ1) is 25.4. The zero-order chi connectivity index (χ0) is 25.3. The first-order valence-corrected chi connectivity index (χ1v) is 14.2. The second kappa shape index (κ2) is 9.20. The summed E-state index contributed by atoms with van der Waals surface area (Å²) in [5.74, 6) is 0. The zero-order valence-electron chi connectivity index (χ0n) is 18.5. The number of rotatable bonds is 6. The van der Waals surface area contributed by atoms with Crippen LogP contribution in [0.5, 0.6) is 0 Å². The molecule has 0 saturated carbocycles. The number of carbonyl (C=O) groups excluding carboxylic acids is 1. The fourth-order valence-corrected chi connectivity index (χ4v) is 7.36. The predicted molar refractivity (Wildman–Crippen MR) is 125 cm³/mol. The van der Waals surface area contributed by atoms with Crippen molar-refractivity contribution in [1.82, 2.24) is 8.43 Å². The van der Waals surface area contributed by atoms with Crippen LogP contribution in [0, 0.1) is 20.8 Å². The molecule has 180 valence electrons. The van der Waals surface area contributed by atoms with Gasteiger partial charge in [0.15, 0.2) is 0 Å². The van der Waals surface area contributed by atoms with E-state index in [1.54, 1.807) is 25.5 Å². The van der Waals surface area contributed by atoms with Gasteiger partial charge in [0.1, 0.15) is 0 Å². The molecule has 0 bridgehead atoms. The summed E-state index contributed by atoms with van der Waals surface area (Å²) in [5.41, 5.74) is 2.13. The molecular weight excluding hydrogens is 500 g/mol. The number of nitrogens with one attached hydrogen (secondary N) is 1. The molecule has 2 amide bonds. The van der Waals surface area contributed by atoms with E-state index in [0.717, 1.165) is 29.8 Å². The molecule has 3 rings (SSSR count). The van der Waals surface area contributed by atoms with Crippen molar-refractivity contribution in [1.29, 1.82) is 0 Å². The van der Waals surface area contributed by atoms with Gasteiger partial charge in [-0.25, -0.2) is 17.9 Å². The number of amides is 2. The molecule has 3 aromatic rings. The van der Waals surface area contributed by atoms with Crippen molar-refractivity contribution >= 4 is 36.1 Å². The van der Waals surface area contributed by atoms with E-state index in [0.29, 0.717) is 11.1 Å². The molecule has 1 N–H and O–H groups in total. The summed E-state index contributed by atoms with van der Waals surface area (Å²) in [4.78, 5) is 11.7. The van der Waals surface area contributed by atoms with Crippen molar-refractivity contribution < 1.29 is 30.0 Å². The molecule has 0 fully saturated rings. The fraction of sp³-hybridized carbons (Fsp3) is 0.136. The standard InChI is InChI=1S/C22H22N2O7S3/c1-16-4-10-19(11-5-16)32(26,27)23-22(25)24(33(28,29)20-12-6-17(2)7-13-20)34(30,31)21-14-8-18(3)9-15-21/h4-15H,1-3H3,(H,23,25). The van der Waals surface area contributed by atoms with Crippen LogP contribution in [-0.4, -0.2) is 35.0 Å². The second-order valence-corrected chi connectivity index (χ2v) is 13.0. The molecule has 0 aliphatic carbocycles. The minimum absolute atomic E-state index is 0.341. The topological polar surface area (TPSA) is 135 Å². The molecule has 0 aliphatic rings. The third-order valence-corrected chi connectivity index (χ3v) is 10.2. The van der Waals surface area contributed by atoms with Gasteiger partial charge in [-0.15, -0.1) is 3.71 Å². The fourth-order valence-electron chi connectivity index (χ4n) is 2.89. The van der Waals surface area contributed by atoms with Gasteiger partial charge in [-0.05, 0) is 57.2 Å². The minimum Gasteiger partial charge on any atom is -0.245 e. The summed E-state index contributed by atoms with van der Waals surface area (Å²) in [6, 6.07) is 13.7. The molecule has 0 radical (unpaired) electrons. The number of carbonyl (C=O) groups is 1. The highest BCUT2D eigenvalue weighted by molar-refractivity contribution is 8.05. The highest BCUT2D eigenvalue weighted by Gasteiger charge is 2.42. The quantitative estimate of drug-likeness (QED) is 0.526. The van der Waals surface area contributed by atoms with E-state index >= 15 is 0 Å². The summed E-state index contributed by atoms with van der Waals surface area (Å²) in [5, 5.41) is 0. The van der Waals surface area contributed by atoms with Crippen molar-refractivity contribution in [2.75, 3.05) is 0 Å². The van der Waals surface area contributed by atoms with Gasteiger partial charge in [0.2, 0.25) is 0 Å². The van der Waals surface area contributed by atoms with Crippen LogP contribution in [0.3, 0.4) is 0 Å². The first-order chi connectivity index (χ1) is 15.7. The number of hydrogen-bond donors (Lipinski definition) is 1. The van der Waals surface area contributed by atoms with E-state index in [1.807, 2.05) is 0 Å². The molecule has 0 unspecified atom stereocenters. The van der Waals surface area contributed by atoms with E-state index in [1.165, 1.54) is 48.5 Å². The maximum absolute atomic E-state index is 13.3. The van der Waals surface area contributed by atoms with Crippen LogP contribution < -0.4 is 4.72 Å². The van der Waals surface area contributed by atoms with E-state index < -0.39 is 49.6 Å². The van der Waals surface area contributed by atoms with Gasteiger partial charge in [-0.2, -0.15) is 16.8 Å². The molecule has 0 heterocycles. The lowest BCUT2D eigenvalue weighted by Gasteiger charge is -2.22. The minimum atomic E-state index is -5.03. The number of sulfonamides is 3. The Bertz CT molecular complexity index is 1450. The van der Waals surface area contributed by atoms with Gasteiger partial charge in [-0.1, -0.05) is 53.1 Å². The van der Waals surface area contributed by atoms with Gasteiger partial charge in [0.05, 0.1) is 14.7 Å². The van der Waals surface area contributed by atoms with Crippen molar-refractivity contribution in [3.63, 3.8) is 0 Å². The van der Waals surface area contributed by atoms with Crippen LogP contribution in [0.1, 0.15) is 16.7 Å². The lowest BCUT2D eigenvalue weighted by Crippen LogP contribution is -2.48. The summed E-state index contributed by atoms with van der Waals surface area (Å²) < 4.78 is 79.9. The van der Waals surface area contributed by atoms with Crippen molar-refractivity contribution in [3.05, 3.63) is 89.5 Å². The van der Waals surface area contributed by atoms with Gasteiger partial charge in [-0.3, -0.25) is 0 Å². The average Bonchev–Trinajstić information content (AvgIpc) is 2.74. The van der Waals surface area contributed by atoms with Crippen LogP contribution in [0.25, 0.3) is 0 Å². The lowest BCUT2D eigenvalue weighted by molar-refractivity contribution is 0.240. The van der Waals surface area contributed by atoms with E-state index in [2.05, 4.69) is 0 Å².